The van der Waals surface area contributed by atoms with Gasteiger partial charge in [0.1, 0.15) is 12.4 Å². The lowest BCUT2D eigenvalue weighted by Crippen LogP contribution is -2.30. The fourth-order valence-corrected chi connectivity index (χ4v) is 3.45. The van der Waals surface area contributed by atoms with Gasteiger partial charge in [0.15, 0.2) is 0 Å². The van der Waals surface area contributed by atoms with Gasteiger partial charge in [-0.05, 0) is 23.3 Å². The van der Waals surface area contributed by atoms with Crippen molar-refractivity contribution in [2.45, 2.75) is 12.5 Å². The molecule has 0 saturated carbocycles. The molecule has 1 N–H and O–H groups in total. The molecule has 6 nitrogen and oxygen atoms in total. The third kappa shape index (κ3) is 4.34. The smallest absolute Gasteiger partial charge is 0.410 e. The Hall–Kier alpha value is -2.73. The van der Waals surface area contributed by atoms with E-state index in [2.05, 4.69) is 0 Å². The topological polar surface area (TPSA) is 76.1 Å². The maximum atomic E-state index is 12.4. The molecule has 27 heavy (non-hydrogen) atoms. The van der Waals surface area contributed by atoms with Crippen LogP contribution in [-0.2, 0) is 16.1 Å². The van der Waals surface area contributed by atoms with Crippen LogP contribution in [0.5, 0.6) is 5.75 Å². The van der Waals surface area contributed by atoms with Crippen molar-refractivity contribution in [2.24, 2.45) is 5.92 Å². The number of benzene rings is 2. The molecule has 0 aliphatic carbocycles. The highest BCUT2D eigenvalue weighted by Gasteiger charge is 2.41. The summed E-state index contributed by atoms with van der Waals surface area (Å²) in [6.07, 6.45) is -0.520. The number of carboxylic acids is 1. The molecule has 1 heterocycles. The molecule has 0 spiro atoms. The Bertz CT molecular complexity index is 826. The number of hydrogen-bond donors (Lipinski definition) is 1. The van der Waals surface area contributed by atoms with E-state index in [9.17, 15) is 14.7 Å². The number of carboxylic acid groups (broad SMARTS) is 1. The van der Waals surface area contributed by atoms with E-state index in [1.165, 1.54) is 12.0 Å². The normalized spacial score (nSPS) is 19.0. The molecule has 2 atom stereocenters. The van der Waals surface area contributed by atoms with E-state index in [0.717, 1.165) is 11.1 Å². The van der Waals surface area contributed by atoms with Gasteiger partial charge in [-0.15, -0.1) is 0 Å². The molecule has 142 valence electrons. The second-order valence-corrected chi connectivity index (χ2v) is 6.80. The van der Waals surface area contributed by atoms with Crippen LogP contribution in [-0.4, -0.2) is 42.3 Å². The van der Waals surface area contributed by atoms with Gasteiger partial charge in [-0.25, -0.2) is 4.79 Å². The first-order chi connectivity index (χ1) is 13.0. The molecule has 1 fully saturated rings. The second kappa shape index (κ2) is 8.31. The highest BCUT2D eigenvalue weighted by atomic mass is 35.5. The third-order valence-corrected chi connectivity index (χ3v) is 5.02. The van der Waals surface area contributed by atoms with Crippen LogP contribution in [0, 0.1) is 5.92 Å². The van der Waals surface area contributed by atoms with Gasteiger partial charge >= 0.3 is 12.1 Å². The zero-order chi connectivity index (χ0) is 19.4. The number of likely N-dealkylation sites (tertiary alicyclic amines) is 1. The van der Waals surface area contributed by atoms with E-state index >= 15 is 0 Å². The summed E-state index contributed by atoms with van der Waals surface area (Å²) in [4.78, 5) is 25.6. The van der Waals surface area contributed by atoms with Crippen LogP contribution >= 0.6 is 11.6 Å². The van der Waals surface area contributed by atoms with Gasteiger partial charge in [0.25, 0.3) is 0 Å². The van der Waals surface area contributed by atoms with Crippen molar-refractivity contribution in [3.8, 4) is 5.75 Å². The van der Waals surface area contributed by atoms with Crippen LogP contribution in [0.15, 0.2) is 48.5 Å². The SMILES string of the molecule is COc1cc([C@@H]2CN(C(=O)OCc3ccccc3)C[C@H]2C(=O)O)ccc1Cl. The summed E-state index contributed by atoms with van der Waals surface area (Å²) >= 11 is 6.05. The lowest BCUT2D eigenvalue weighted by Gasteiger charge is -2.17. The minimum absolute atomic E-state index is 0.0958. The molecule has 0 aromatic heterocycles. The molecule has 1 aliphatic heterocycles. The summed E-state index contributed by atoms with van der Waals surface area (Å²) in [5, 5.41) is 10.0. The maximum absolute atomic E-state index is 12.4. The lowest BCUT2D eigenvalue weighted by molar-refractivity contribution is -0.141. The number of rotatable bonds is 5. The molecule has 2 aromatic rings. The molecule has 0 bridgehead atoms. The number of carbonyl (C=O) groups is 2. The zero-order valence-electron chi connectivity index (χ0n) is 14.8. The molecule has 1 amide bonds. The van der Waals surface area contributed by atoms with E-state index in [1.54, 1.807) is 18.2 Å². The van der Waals surface area contributed by atoms with E-state index in [1.807, 2.05) is 30.3 Å². The molecule has 1 aliphatic rings. The van der Waals surface area contributed by atoms with Crippen molar-refractivity contribution in [3.05, 3.63) is 64.7 Å². The Morgan fingerprint density at radius 3 is 2.59 bits per heavy atom. The molecule has 7 heteroatoms. The Balaban J connectivity index is 1.72. The fraction of sp³-hybridized carbons (Fsp3) is 0.300. The van der Waals surface area contributed by atoms with Crippen LogP contribution in [0.25, 0.3) is 0 Å². The number of methoxy groups -OCH3 is 1. The van der Waals surface area contributed by atoms with E-state index in [4.69, 9.17) is 21.1 Å². The predicted octanol–water partition coefficient (Wildman–Crippen LogP) is 3.79. The van der Waals surface area contributed by atoms with Crippen molar-refractivity contribution in [1.29, 1.82) is 0 Å². The summed E-state index contributed by atoms with van der Waals surface area (Å²) in [5.74, 6) is -1.56. The number of hydrogen-bond acceptors (Lipinski definition) is 4. The number of aliphatic carboxylic acids is 1. The number of nitrogens with zero attached hydrogens (tertiary/aromatic N) is 1. The highest BCUT2D eigenvalue weighted by molar-refractivity contribution is 6.32. The van der Waals surface area contributed by atoms with Crippen molar-refractivity contribution < 1.29 is 24.2 Å². The first kappa shape index (κ1) is 19.0. The summed E-state index contributed by atoms with van der Waals surface area (Å²) in [5.41, 5.74) is 1.64. The molecule has 0 unspecified atom stereocenters. The molecule has 3 rings (SSSR count). The van der Waals surface area contributed by atoms with Crippen molar-refractivity contribution in [2.75, 3.05) is 20.2 Å². The Labute approximate surface area is 162 Å². The Morgan fingerprint density at radius 2 is 1.93 bits per heavy atom. The standard InChI is InChI=1S/C20H20ClNO5/c1-26-18-9-14(7-8-17(18)21)15-10-22(11-16(15)19(23)24)20(25)27-12-13-5-3-2-4-6-13/h2-9,15-16H,10-12H2,1H3,(H,23,24)/t15-,16+/m0/s1. The third-order valence-electron chi connectivity index (χ3n) is 4.70. The van der Waals surface area contributed by atoms with Crippen molar-refractivity contribution in [1.82, 2.24) is 4.90 Å². The minimum Gasteiger partial charge on any atom is -0.495 e. The first-order valence-corrected chi connectivity index (χ1v) is 8.89. The summed E-state index contributed by atoms with van der Waals surface area (Å²) in [6, 6.07) is 14.5. The number of ether oxygens (including phenoxy) is 2. The predicted molar refractivity (Wildman–Crippen MR) is 100 cm³/mol. The summed E-state index contributed by atoms with van der Waals surface area (Å²) in [6.45, 7) is 0.501. The van der Waals surface area contributed by atoms with Gasteiger partial charge in [0.05, 0.1) is 18.1 Å². The van der Waals surface area contributed by atoms with Crippen LogP contribution in [0.1, 0.15) is 17.0 Å². The van der Waals surface area contributed by atoms with E-state index < -0.39 is 18.0 Å². The zero-order valence-corrected chi connectivity index (χ0v) is 15.6. The molecular weight excluding hydrogens is 370 g/mol. The minimum atomic E-state index is -0.952. The molecular formula is C20H20ClNO5. The highest BCUT2D eigenvalue weighted by Crippen LogP contribution is 2.36. The van der Waals surface area contributed by atoms with Crippen LogP contribution < -0.4 is 4.74 Å². The van der Waals surface area contributed by atoms with Gasteiger partial charge in [-0.1, -0.05) is 48.0 Å². The summed E-state index contributed by atoms with van der Waals surface area (Å²) < 4.78 is 10.6. The largest absolute Gasteiger partial charge is 0.495 e. The van der Waals surface area contributed by atoms with Crippen molar-refractivity contribution >= 4 is 23.7 Å². The lowest BCUT2D eigenvalue weighted by atomic mass is 9.89. The summed E-state index contributed by atoms with van der Waals surface area (Å²) in [7, 11) is 1.50. The number of amides is 1. The Morgan fingerprint density at radius 1 is 1.19 bits per heavy atom. The molecule has 2 aromatic carbocycles. The quantitative estimate of drug-likeness (QED) is 0.842. The van der Waals surface area contributed by atoms with Gasteiger partial charge in [-0.2, -0.15) is 0 Å². The van der Waals surface area contributed by atoms with E-state index in [-0.39, 0.29) is 25.6 Å². The van der Waals surface area contributed by atoms with Crippen LogP contribution in [0.3, 0.4) is 0 Å². The average Bonchev–Trinajstić information content (AvgIpc) is 3.13. The maximum Gasteiger partial charge on any atom is 0.410 e. The number of halogens is 1. The second-order valence-electron chi connectivity index (χ2n) is 6.39. The molecule has 1 saturated heterocycles. The average molecular weight is 390 g/mol. The van der Waals surface area contributed by atoms with Gasteiger partial charge < -0.3 is 19.5 Å². The van der Waals surface area contributed by atoms with E-state index in [0.29, 0.717) is 10.8 Å². The fourth-order valence-electron chi connectivity index (χ4n) is 3.26. The molecule has 0 radical (unpaired) electrons. The number of carbonyl (C=O) groups excluding carboxylic acids is 1. The van der Waals surface area contributed by atoms with Crippen molar-refractivity contribution in [3.63, 3.8) is 0 Å². The first-order valence-electron chi connectivity index (χ1n) is 8.51. The van der Waals surface area contributed by atoms with Gasteiger partial charge in [0.2, 0.25) is 0 Å². The monoisotopic (exact) mass is 389 g/mol. The van der Waals surface area contributed by atoms with Crippen LogP contribution in [0.2, 0.25) is 5.02 Å². The van der Waals surface area contributed by atoms with Gasteiger partial charge in [-0.3, -0.25) is 4.79 Å². The van der Waals surface area contributed by atoms with Crippen LogP contribution in [0.4, 0.5) is 4.79 Å². The Kier molecular flexibility index (Phi) is 5.86. The van der Waals surface area contributed by atoms with Gasteiger partial charge in [0, 0.05) is 19.0 Å².